The third-order valence-corrected chi connectivity index (χ3v) is 4.44. The monoisotopic (exact) mass is 353 g/mol. The van der Waals surface area contributed by atoms with Gasteiger partial charge in [-0.2, -0.15) is 0 Å². The van der Waals surface area contributed by atoms with Gasteiger partial charge in [0.05, 0.1) is 23.4 Å². The Morgan fingerprint density at radius 1 is 0.885 bits per heavy atom. The summed E-state index contributed by atoms with van der Waals surface area (Å²) in [5, 5.41) is 12.3. The highest BCUT2D eigenvalue weighted by molar-refractivity contribution is 5.94. The summed E-state index contributed by atoms with van der Waals surface area (Å²) in [6.45, 7) is 0.265. The van der Waals surface area contributed by atoms with Crippen LogP contribution in [0.5, 0.6) is 0 Å². The van der Waals surface area contributed by atoms with Gasteiger partial charge in [-0.05, 0) is 30.7 Å². The molecule has 0 saturated heterocycles. The minimum Gasteiger partial charge on any atom is -0.462 e. The summed E-state index contributed by atoms with van der Waals surface area (Å²) in [7, 11) is 0. The second-order valence-electron chi connectivity index (χ2n) is 6.09. The summed E-state index contributed by atoms with van der Waals surface area (Å²) in [4.78, 5) is 24.0. The molecule has 2 aromatic carbocycles. The first-order valence-electron chi connectivity index (χ1n) is 8.34. The largest absolute Gasteiger partial charge is 0.462 e. The van der Waals surface area contributed by atoms with Crippen molar-refractivity contribution in [3.05, 3.63) is 71.8 Å². The molecule has 0 aromatic heterocycles. The van der Waals surface area contributed by atoms with Gasteiger partial charge in [-0.15, -0.1) is 0 Å². The summed E-state index contributed by atoms with van der Waals surface area (Å²) in [6, 6.07) is 17.4. The molecule has 0 amide bonds. The van der Waals surface area contributed by atoms with Crippen molar-refractivity contribution in [1.82, 2.24) is 0 Å². The Hall–Kier alpha value is -3.15. The van der Waals surface area contributed by atoms with Gasteiger partial charge in [-0.25, -0.2) is 9.59 Å². The zero-order chi connectivity index (χ0) is 18.4. The first-order valence-corrected chi connectivity index (χ1v) is 8.34. The number of esters is 2. The van der Waals surface area contributed by atoms with Crippen LogP contribution in [0.15, 0.2) is 65.8 Å². The number of carbonyl (C=O) groups is 2. The number of oxime groups is 1. The first-order chi connectivity index (χ1) is 12.7. The molecule has 0 spiro atoms. The van der Waals surface area contributed by atoms with Gasteiger partial charge in [-0.1, -0.05) is 41.6 Å². The SMILES string of the molecule is O=C(OC[C@H]1C/C(=N\O)[C@@H]1COC(=O)c1ccccc1)c1ccccc1. The van der Waals surface area contributed by atoms with E-state index < -0.39 is 11.9 Å². The van der Waals surface area contributed by atoms with Crippen molar-refractivity contribution in [3.8, 4) is 0 Å². The molecule has 0 bridgehead atoms. The molecule has 1 fully saturated rings. The van der Waals surface area contributed by atoms with Gasteiger partial charge in [0.15, 0.2) is 0 Å². The zero-order valence-electron chi connectivity index (χ0n) is 14.1. The lowest BCUT2D eigenvalue weighted by Crippen LogP contribution is -2.43. The van der Waals surface area contributed by atoms with Crippen molar-refractivity contribution in [2.24, 2.45) is 17.0 Å². The Labute approximate surface area is 151 Å². The number of carbonyl (C=O) groups excluding carboxylic acids is 2. The molecular formula is C20H19NO5. The molecule has 1 saturated carbocycles. The van der Waals surface area contributed by atoms with Crippen molar-refractivity contribution in [3.63, 3.8) is 0 Å². The van der Waals surface area contributed by atoms with E-state index in [2.05, 4.69) is 5.16 Å². The van der Waals surface area contributed by atoms with E-state index in [1.54, 1.807) is 48.5 Å². The standard InChI is InChI=1S/C20H19NO5/c22-19(14-7-3-1-4-8-14)25-12-16-11-18(21-24)17(16)13-26-20(23)15-9-5-2-6-10-15/h1-10,16-17,24H,11-13H2/b21-18+/t16-,17-/m1/s1. The highest BCUT2D eigenvalue weighted by atomic mass is 16.5. The highest BCUT2D eigenvalue weighted by Gasteiger charge is 2.40. The number of nitrogens with zero attached hydrogens (tertiary/aromatic N) is 1. The number of hydrogen-bond donors (Lipinski definition) is 1. The van der Waals surface area contributed by atoms with Crippen molar-refractivity contribution >= 4 is 17.7 Å². The van der Waals surface area contributed by atoms with Crippen molar-refractivity contribution in [2.45, 2.75) is 6.42 Å². The van der Waals surface area contributed by atoms with E-state index in [-0.39, 0.29) is 25.0 Å². The fraction of sp³-hybridized carbons (Fsp3) is 0.250. The molecule has 0 unspecified atom stereocenters. The Kier molecular flexibility index (Phi) is 5.63. The Morgan fingerprint density at radius 3 is 1.88 bits per heavy atom. The third kappa shape index (κ3) is 4.08. The van der Waals surface area contributed by atoms with Crippen LogP contribution in [0.25, 0.3) is 0 Å². The smallest absolute Gasteiger partial charge is 0.338 e. The first kappa shape index (κ1) is 17.7. The van der Waals surface area contributed by atoms with Gasteiger partial charge in [-0.3, -0.25) is 0 Å². The molecule has 1 aliphatic rings. The maximum Gasteiger partial charge on any atom is 0.338 e. The summed E-state index contributed by atoms with van der Waals surface area (Å²) < 4.78 is 10.6. The molecule has 0 radical (unpaired) electrons. The van der Waals surface area contributed by atoms with Crippen molar-refractivity contribution < 1.29 is 24.3 Å². The lowest BCUT2D eigenvalue weighted by molar-refractivity contribution is 0.0240. The van der Waals surface area contributed by atoms with Crippen LogP contribution in [0.2, 0.25) is 0 Å². The molecule has 0 heterocycles. The predicted molar refractivity (Wildman–Crippen MR) is 94.3 cm³/mol. The average Bonchev–Trinajstić information content (AvgIpc) is 2.68. The molecule has 26 heavy (non-hydrogen) atoms. The van der Waals surface area contributed by atoms with E-state index in [1.165, 1.54) is 0 Å². The normalized spacial score (nSPS) is 20.2. The van der Waals surface area contributed by atoms with E-state index in [9.17, 15) is 9.59 Å². The molecule has 2 aromatic rings. The van der Waals surface area contributed by atoms with Crippen LogP contribution in [-0.2, 0) is 9.47 Å². The van der Waals surface area contributed by atoms with Gasteiger partial charge in [0.25, 0.3) is 0 Å². The van der Waals surface area contributed by atoms with Gasteiger partial charge >= 0.3 is 11.9 Å². The van der Waals surface area contributed by atoms with Crippen LogP contribution < -0.4 is 0 Å². The van der Waals surface area contributed by atoms with Gasteiger partial charge in [0.2, 0.25) is 0 Å². The van der Waals surface area contributed by atoms with E-state index in [0.29, 0.717) is 23.3 Å². The zero-order valence-corrected chi connectivity index (χ0v) is 14.1. The van der Waals surface area contributed by atoms with Crippen molar-refractivity contribution in [2.75, 3.05) is 13.2 Å². The van der Waals surface area contributed by atoms with E-state index in [0.717, 1.165) is 0 Å². The molecule has 6 heteroatoms. The van der Waals surface area contributed by atoms with E-state index in [1.807, 2.05) is 12.1 Å². The van der Waals surface area contributed by atoms with Crippen LogP contribution in [0.4, 0.5) is 0 Å². The van der Waals surface area contributed by atoms with Gasteiger partial charge in [0, 0.05) is 11.8 Å². The Bertz CT molecular complexity index is 788. The quantitative estimate of drug-likeness (QED) is 0.490. The molecule has 6 nitrogen and oxygen atoms in total. The summed E-state index contributed by atoms with van der Waals surface area (Å²) in [6.07, 6.45) is 0.506. The second kappa shape index (κ2) is 8.29. The molecule has 0 aliphatic heterocycles. The van der Waals surface area contributed by atoms with E-state index >= 15 is 0 Å². The summed E-state index contributed by atoms with van der Waals surface area (Å²) >= 11 is 0. The van der Waals surface area contributed by atoms with Crippen LogP contribution in [0, 0.1) is 11.8 Å². The van der Waals surface area contributed by atoms with Crippen LogP contribution in [0.1, 0.15) is 27.1 Å². The number of rotatable bonds is 6. The van der Waals surface area contributed by atoms with Crippen LogP contribution in [0.3, 0.4) is 0 Å². The Balaban J connectivity index is 1.52. The predicted octanol–water partition coefficient (Wildman–Crippen LogP) is 3.17. The summed E-state index contributed by atoms with van der Waals surface area (Å²) in [5.74, 6) is -1.14. The third-order valence-electron chi connectivity index (χ3n) is 4.44. The average molecular weight is 353 g/mol. The molecule has 2 atom stereocenters. The maximum absolute atomic E-state index is 12.0. The number of hydrogen-bond acceptors (Lipinski definition) is 6. The fourth-order valence-corrected chi connectivity index (χ4v) is 2.86. The lowest BCUT2D eigenvalue weighted by Gasteiger charge is -2.36. The highest BCUT2D eigenvalue weighted by Crippen LogP contribution is 2.32. The number of ether oxygens (including phenoxy) is 2. The van der Waals surface area contributed by atoms with Gasteiger partial charge < -0.3 is 14.7 Å². The van der Waals surface area contributed by atoms with Crippen LogP contribution in [-0.4, -0.2) is 36.1 Å². The van der Waals surface area contributed by atoms with E-state index in [4.69, 9.17) is 14.7 Å². The van der Waals surface area contributed by atoms with Gasteiger partial charge in [0.1, 0.15) is 6.61 Å². The summed E-state index contributed by atoms with van der Waals surface area (Å²) in [5.41, 5.74) is 1.49. The van der Waals surface area contributed by atoms with Crippen LogP contribution >= 0.6 is 0 Å². The topological polar surface area (TPSA) is 85.2 Å². The lowest BCUT2D eigenvalue weighted by atomic mass is 9.72. The molecule has 1 N–H and O–H groups in total. The van der Waals surface area contributed by atoms with Crippen molar-refractivity contribution in [1.29, 1.82) is 0 Å². The maximum atomic E-state index is 12.0. The molecular weight excluding hydrogens is 334 g/mol. The molecule has 1 aliphatic carbocycles. The second-order valence-corrected chi connectivity index (χ2v) is 6.09. The minimum atomic E-state index is -0.435. The fourth-order valence-electron chi connectivity index (χ4n) is 2.86. The minimum absolute atomic E-state index is 0.0443. The molecule has 134 valence electrons. The Morgan fingerprint density at radius 2 is 1.38 bits per heavy atom. The molecule has 3 rings (SSSR count). The number of benzene rings is 2.